The molecule has 0 fully saturated rings. The Kier molecular flexibility index (Phi) is 6.32. The first-order valence-electron chi connectivity index (χ1n) is 16.4. The highest BCUT2D eigenvalue weighted by Crippen LogP contribution is 2.45. The van der Waals surface area contributed by atoms with Crippen LogP contribution in [0.3, 0.4) is 0 Å². The number of hydrogen-bond acceptors (Lipinski definition) is 4. The van der Waals surface area contributed by atoms with Gasteiger partial charge in [-0.15, -0.1) is 11.3 Å². The Morgan fingerprint density at radius 1 is 0.510 bits per heavy atom. The van der Waals surface area contributed by atoms with Gasteiger partial charge in [-0.05, 0) is 90.0 Å². The number of benzene rings is 6. The largest absolute Gasteiger partial charge is 0.309 e. The van der Waals surface area contributed by atoms with Gasteiger partial charge in [-0.25, -0.2) is 9.97 Å². The Morgan fingerprint density at radius 2 is 1.24 bits per heavy atom. The molecule has 0 atom stereocenters. The average Bonchev–Trinajstić information content (AvgIpc) is 3.72. The lowest BCUT2D eigenvalue weighted by molar-refractivity contribution is 1.09. The molecule has 0 N–H and O–H groups in total. The van der Waals surface area contributed by atoms with Gasteiger partial charge in [0.25, 0.3) is 0 Å². The zero-order valence-corrected chi connectivity index (χ0v) is 27.2. The predicted molar refractivity (Wildman–Crippen MR) is 207 cm³/mol. The van der Waals surface area contributed by atoms with Gasteiger partial charge < -0.3 is 4.90 Å². The molecule has 0 saturated heterocycles. The topological polar surface area (TPSA) is 34.0 Å². The normalized spacial score (nSPS) is 11.7. The summed E-state index contributed by atoms with van der Waals surface area (Å²) in [6.07, 6.45) is 1.80. The molecule has 0 unspecified atom stereocenters. The van der Waals surface area contributed by atoms with E-state index in [-0.39, 0.29) is 0 Å². The predicted octanol–water partition coefficient (Wildman–Crippen LogP) is 12.2. The standard InChI is InChI=1S/C44H28N4S/c1-2-11-32(12-3-1)47(40-17-8-15-36-35-14-5-7-18-41(35)49-43(36)40)33-23-19-29(20-24-33)31-21-25-39-37(28-31)34-13-4-6-16-38(34)48(39)42-26-22-30-10-9-27-45-44(30)46-42/h1-28H. The van der Waals surface area contributed by atoms with Gasteiger partial charge in [0.2, 0.25) is 0 Å². The van der Waals surface area contributed by atoms with E-state index in [1.807, 2.05) is 23.5 Å². The molecule has 0 radical (unpaired) electrons. The summed E-state index contributed by atoms with van der Waals surface area (Å²) in [5.74, 6) is 0.865. The van der Waals surface area contributed by atoms with Crippen LogP contribution in [0.2, 0.25) is 0 Å². The van der Waals surface area contributed by atoms with E-state index in [1.54, 1.807) is 6.20 Å². The number of rotatable bonds is 5. The number of pyridine rings is 2. The van der Waals surface area contributed by atoms with Gasteiger partial charge in [-0.3, -0.25) is 4.57 Å². The second-order valence-electron chi connectivity index (χ2n) is 12.3. The van der Waals surface area contributed by atoms with Gasteiger partial charge >= 0.3 is 0 Å². The SMILES string of the molecule is c1ccc(N(c2ccc(-c3ccc4c(c3)c3ccccc3n4-c3ccc4cccnc4n3)cc2)c2cccc3c2sc2ccccc23)cc1. The van der Waals surface area contributed by atoms with Crippen molar-refractivity contribution in [2.75, 3.05) is 4.90 Å². The highest BCUT2D eigenvalue weighted by atomic mass is 32.1. The Balaban J connectivity index is 1.09. The van der Waals surface area contributed by atoms with Crippen LogP contribution in [0.25, 0.3) is 70.0 Å². The Bertz CT molecular complexity index is 2830. The van der Waals surface area contributed by atoms with Crippen molar-refractivity contribution in [1.29, 1.82) is 0 Å². The summed E-state index contributed by atoms with van der Waals surface area (Å²) in [5, 5.41) is 6.02. The number of hydrogen-bond donors (Lipinski definition) is 0. The van der Waals surface area contributed by atoms with Crippen molar-refractivity contribution >= 4 is 81.4 Å². The first kappa shape index (κ1) is 27.8. The summed E-state index contributed by atoms with van der Waals surface area (Å²) in [7, 11) is 0. The molecule has 0 aliphatic rings. The molecule has 0 aliphatic carbocycles. The van der Waals surface area contributed by atoms with Crippen LogP contribution in [0.1, 0.15) is 0 Å². The summed E-state index contributed by atoms with van der Waals surface area (Å²) >= 11 is 1.86. The Hall–Kier alpha value is -6.30. The molecule has 5 heteroatoms. The van der Waals surface area contributed by atoms with Crippen LogP contribution in [-0.4, -0.2) is 14.5 Å². The lowest BCUT2D eigenvalue weighted by atomic mass is 10.0. The van der Waals surface area contributed by atoms with Crippen LogP contribution in [-0.2, 0) is 0 Å². The second kappa shape index (κ2) is 11.2. The van der Waals surface area contributed by atoms with Crippen molar-refractivity contribution in [3.63, 3.8) is 0 Å². The van der Waals surface area contributed by atoms with E-state index in [0.717, 1.165) is 39.3 Å². The quantitative estimate of drug-likeness (QED) is 0.187. The monoisotopic (exact) mass is 644 g/mol. The molecule has 4 nitrogen and oxygen atoms in total. The van der Waals surface area contributed by atoms with E-state index >= 15 is 0 Å². The molecule has 0 amide bonds. The van der Waals surface area contributed by atoms with E-state index in [2.05, 4.69) is 166 Å². The Morgan fingerprint density at radius 3 is 2.14 bits per heavy atom. The minimum Gasteiger partial charge on any atom is -0.309 e. The number of aromatic nitrogens is 3. The average molecular weight is 645 g/mol. The van der Waals surface area contributed by atoms with E-state index in [1.165, 1.54) is 47.8 Å². The van der Waals surface area contributed by atoms with Gasteiger partial charge in [0.15, 0.2) is 5.65 Å². The molecule has 10 aromatic rings. The third kappa shape index (κ3) is 4.51. The van der Waals surface area contributed by atoms with Crippen LogP contribution >= 0.6 is 11.3 Å². The van der Waals surface area contributed by atoms with E-state index in [9.17, 15) is 0 Å². The van der Waals surface area contributed by atoms with Crippen LogP contribution in [0.4, 0.5) is 17.1 Å². The van der Waals surface area contributed by atoms with Crippen molar-refractivity contribution in [3.8, 4) is 16.9 Å². The van der Waals surface area contributed by atoms with Crippen molar-refractivity contribution in [3.05, 3.63) is 170 Å². The molecular weight excluding hydrogens is 617 g/mol. The van der Waals surface area contributed by atoms with Gasteiger partial charge in [-0.2, -0.15) is 0 Å². The number of anilines is 3. The van der Waals surface area contributed by atoms with Crippen molar-refractivity contribution in [2.45, 2.75) is 0 Å². The molecule has 0 aliphatic heterocycles. The summed E-state index contributed by atoms with van der Waals surface area (Å²) in [4.78, 5) is 11.9. The zero-order chi connectivity index (χ0) is 32.3. The fourth-order valence-corrected chi connectivity index (χ4v) is 8.39. The molecule has 0 saturated carbocycles. The molecule has 6 aromatic carbocycles. The maximum Gasteiger partial charge on any atom is 0.161 e. The van der Waals surface area contributed by atoms with Crippen molar-refractivity contribution in [2.24, 2.45) is 0 Å². The molecule has 0 spiro atoms. The minimum absolute atomic E-state index is 0.746. The van der Waals surface area contributed by atoms with Crippen molar-refractivity contribution < 1.29 is 0 Å². The summed E-state index contributed by atoms with van der Waals surface area (Å²) in [6, 6.07) is 58.5. The summed E-state index contributed by atoms with van der Waals surface area (Å²) < 4.78 is 4.84. The smallest absolute Gasteiger partial charge is 0.161 e. The fraction of sp³-hybridized carbons (Fsp3) is 0. The third-order valence-electron chi connectivity index (χ3n) is 9.45. The third-order valence-corrected chi connectivity index (χ3v) is 10.7. The second-order valence-corrected chi connectivity index (χ2v) is 13.3. The molecule has 0 bridgehead atoms. The minimum atomic E-state index is 0.746. The molecule has 4 heterocycles. The first-order valence-corrected chi connectivity index (χ1v) is 17.2. The first-order chi connectivity index (χ1) is 24.3. The van der Waals surface area contributed by atoms with Crippen LogP contribution in [0.5, 0.6) is 0 Å². The molecular formula is C44H28N4S. The number of para-hydroxylation sites is 2. The van der Waals surface area contributed by atoms with Crippen LogP contribution in [0.15, 0.2) is 170 Å². The van der Waals surface area contributed by atoms with E-state index in [0.29, 0.717) is 0 Å². The maximum absolute atomic E-state index is 4.95. The fourth-order valence-electron chi connectivity index (χ4n) is 7.18. The van der Waals surface area contributed by atoms with E-state index in [4.69, 9.17) is 4.98 Å². The summed E-state index contributed by atoms with van der Waals surface area (Å²) in [5.41, 5.74) is 8.77. The number of nitrogens with zero attached hydrogens (tertiary/aromatic N) is 4. The Labute approximate surface area is 286 Å². The lowest BCUT2D eigenvalue weighted by Gasteiger charge is -2.26. The van der Waals surface area contributed by atoms with Gasteiger partial charge in [-0.1, -0.05) is 84.9 Å². The zero-order valence-electron chi connectivity index (χ0n) is 26.4. The van der Waals surface area contributed by atoms with Gasteiger partial charge in [0.05, 0.1) is 21.4 Å². The lowest BCUT2D eigenvalue weighted by Crippen LogP contribution is -2.09. The molecule has 4 aromatic heterocycles. The molecule has 230 valence electrons. The van der Waals surface area contributed by atoms with Crippen LogP contribution < -0.4 is 4.90 Å². The number of fused-ring (bicyclic) bond motifs is 7. The number of thiophene rings is 1. The maximum atomic E-state index is 4.95. The molecule has 49 heavy (non-hydrogen) atoms. The van der Waals surface area contributed by atoms with Crippen molar-refractivity contribution in [1.82, 2.24) is 14.5 Å². The highest BCUT2D eigenvalue weighted by Gasteiger charge is 2.19. The van der Waals surface area contributed by atoms with Gasteiger partial charge in [0, 0.05) is 49.2 Å². The van der Waals surface area contributed by atoms with E-state index < -0.39 is 0 Å². The van der Waals surface area contributed by atoms with Crippen LogP contribution in [0, 0.1) is 0 Å². The highest BCUT2D eigenvalue weighted by molar-refractivity contribution is 7.26. The van der Waals surface area contributed by atoms with Gasteiger partial charge in [0.1, 0.15) is 5.82 Å². The molecule has 10 rings (SSSR count). The summed E-state index contributed by atoms with van der Waals surface area (Å²) in [6.45, 7) is 0.